The Hall–Kier alpha value is -1.08. The van der Waals surface area contributed by atoms with Crippen LogP contribution in [0.2, 0.25) is 0 Å². The summed E-state index contributed by atoms with van der Waals surface area (Å²) in [4.78, 5) is 2.43. The van der Waals surface area contributed by atoms with Crippen LogP contribution in [0, 0.1) is 0 Å². The molecule has 1 fully saturated rings. The third-order valence-corrected chi connectivity index (χ3v) is 3.71. The van der Waals surface area contributed by atoms with Crippen molar-refractivity contribution >= 4 is 0 Å². The van der Waals surface area contributed by atoms with Crippen LogP contribution in [-0.4, -0.2) is 25.0 Å². The standard InChI is InChI=1S/C14H17N/c1-15-9-8-14-12(10-15)7-6-11-4-2-3-5-13(11)14/h2-5,7,14H,6,8-10H2,1H3. The van der Waals surface area contributed by atoms with Crippen LogP contribution in [0.25, 0.3) is 0 Å². The molecule has 0 radical (unpaired) electrons. The summed E-state index contributed by atoms with van der Waals surface area (Å²) in [6.45, 7) is 2.40. The molecule has 1 heterocycles. The van der Waals surface area contributed by atoms with Crippen molar-refractivity contribution in [3.05, 3.63) is 47.0 Å². The Morgan fingerprint density at radius 2 is 2.13 bits per heavy atom. The van der Waals surface area contributed by atoms with Gasteiger partial charge >= 0.3 is 0 Å². The van der Waals surface area contributed by atoms with Gasteiger partial charge in [0.25, 0.3) is 0 Å². The van der Waals surface area contributed by atoms with Gasteiger partial charge in [0, 0.05) is 12.5 Å². The number of allylic oxidation sites excluding steroid dienone is 1. The number of likely N-dealkylation sites (N-methyl/N-ethyl adjacent to an activating group) is 1. The van der Waals surface area contributed by atoms with Crippen LogP contribution in [0.4, 0.5) is 0 Å². The molecule has 1 aliphatic carbocycles. The van der Waals surface area contributed by atoms with Crippen molar-refractivity contribution in [3.63, 3.8) is 0 Å². The summed E-state index contributed by atoms with van der Waals surface area (Å²) in [5, 5.41) is 0. The maximum Gasteiger partial charge on any atom is 0.0196 e. The van der Waals surface area contributed by atoms with Crippen LogP contribution in [0.1, 0.15) is 23.5 Å². The molecule has 2 aliphatic rings. The summed E-state index contributed by atoms with van der Waals surface area (Å²) in [7, 11) is 2.22. The lowest BCUT2D eigenvalue weighted by Gasteiger charge is -2.35. The number of piperidine rings is 1. The lowest BCUT2D eigenvalue weighted by Crippen LogP contribution is -2.33. The van der Waals surface area contributed by atoms with Crippen LogP contribution in [-0.2, 0) is 6.42 Å². The van der Waals surface area contributed by atoms with Gasteiger partial charge in [0.15, 0.2) is 0 Å². The number of fused-ring (bicyclic) bond motifs is 3. The smallest absolute Gasteiger partial charge is 0.0196 e. The van der Waals surface area contributed by atoms with Gasteiger partial charge in [-0.05, 0) is 37.6 Å². The van der Waals surface area contributed by atoms with Gasteiger partial charge in [-0.3, -0.25) is 0 Å². The van der Waals surface area contributed by atoms with Gasteiger partial charge in [-0.2, -0.15) is 0 Å². The second kappa shape index (κ2) is 3.49. The highest BCUT2D eigenvalue weighted by atomic mass is 15.1. The number of nitrogens with zero attached hydrogens (tertiary/aromatic N) is 1. The molecule has 0 spiro atoms. The Balaban J connectivity index is 1.99. The van der Waals surface area contributed by atoms with E-state index in [1.807, 2.05) is 0 Å². The Bertz CT molecular complexity index is 406. The number of hydrogen-bond acceptors (Lipinski definition) is 1. The van der Waals surface area contributed by atoms with Crippen molar-refractivity contribution in [1.29, 1.82) is 0 Å². The highest BCUT2D eigenvalue weighted by Crippen LogP contribution is 2.37. The molecule has 1 aliphatic heterocycles. The molecule has 1 nitrogen and oxygen atoms in total. The van der Waals surface area contributed by atoms with E-state index in [1.54, 1.807) is 11.1 Å². The van der Waals surface area contributed by atoms with Gasteiger partial charge in [0.2, 0.25) is 0 Å². The zero-order chi connectivity index (χ0) is 10.3. The summed E-state index contributed by atoms with van der Waals surface area (Å²) in [6, 6.07) is 8.94. The average Bonchev–Trinajstić information content (AvgIpc) is 2.28. The maximum absolute atomic E-state index is 2.45. The predicted molar refractivity (Wildman–Crippen MR) is 63.1 cm³/mol. The molecule has 3 rings (SSSR count). The van der Waals surface area contributed by atoms with Crippen molar-refractivity contribution in [2.24, 2.45) is 0 Å². The highest BCUT2D eigenvalue weighted by Gasteiger charge is 2.26. The minimum absolute atomic E-state index is 0.714. The first-order valence-corrected chi connectivity index (χ1v) is 5.80. The molecule has 15 heavy (non-hydrogen) atoms. The molecule has 0 amide bonds. The van der Waals surface area contributed by atoms with E-state index in [-0.39, 0.29) is 0 Å². The van der Waals surface area contributed by atoms with Crippen LogP contribution in [0.5, 0.6) is 0 Å². The van der Waals surface area contributed by atoms with Crippen molar-refractivity contribution in [1.82, 2.24) is 4.90 Å². The Kier molecular flexibility index (Phi) is 2.14. The van der Waals surface area contributed by atoms with Crippen molar-refractivity contribution in [3.8, 4) is 0 Å². The molecule has 0 aromatic heterocycles. The summed E-state index contributed by atoms with van der Waals surface area (Å²) >= 11 is 0. The number of likely N-dealkylation sites (tertiary alicyclic amines) is 1. The quantitative estimate of drug-likeness (QED) is 0.580. The Morgan fingerprint density at radius 1 is 1.27 bits per heavy atom. The van der Waals surface area contributed by atoms with Crippen molar-refractivity contribution in [2.45, 2.75) is 18.8 Å². The first-order chi connectivity index (χ1) is 7.34. The first kappa shape index (κ1) is 9.17. The minimum Gasteiger partial charge on any atom is -0.302 e. The third kappa shape index (κ3) is 1.51. The molecule has 1 aromatic carbocycles. The normalized spacial score (nSPS) is 25.4. The fourth-order valence-electron chi connectivity index (χ4n) is 2.90. The van der Waals surface area contributed by atoms with E-state index in [9.17, 15) is 0 Å². The van der Waals surface area contributed by atoms with E-state index >= 15 is 0 Å². The molecule has 78 valence electrons. The molecule has 1 unspecified atom stereocenters. The van der Waals surface area contributed by atoms with Crippen molar-refractivity contribution < 1.29 is 0 Å². The topological polar surface area (TPSA) is 3.24 Å². The number of rotatable bonds is 0. The van der Waals surface area contributed by atoms with Crippen molar-refractivity contribution in [2.75, 3.05) is 20.1 Å². The predicted octanol–water partition coefficient (Wildman–Crippen LogP) is 2.59. The molecule has 1 saturated heterocycles. The zero-order valence-electron chi connectivity index (χ0n) is 9.24. The van der Waals surface area contributed by atoms with Crippen LogP contribution in [0.15, 0.2) is 35.9 Å². The molecular formula is C14H17N. The van der Waals surface area contributed by atoms with Gasteiger partial charge in [-0.15, -0.1) is 0 Å². The molecule has 0 saturated carbocycles. The fourth-order valence-corrected chi connectivity index (χ4v) is 2.90. The summed E-state index contributed by atoms with van der Waals surface area (Å²) in [6.07, 6.45) is 4.87. The van der Waals surface area contributed by atoms with Gasteiger partial charge in [0.1, 0.15) is 0 Å². The minimum atomic E-state index is 0.714. The van der Waals surface area contributed by atoms with E-state index in [0.717, 1.165) is 6.42 Å². The average molecular weight is 199 g/mol. The molecular weight excluding hydrogens is 182 g/mol. The second-order valence-corrected chi connectivity index (χ2v) is 4.76. The highest BCUT2D eigenvalue weighted by molar-refractivity contribution is 5.42. The summed E-state index contributed by atoms with van der Waals surface area (Å²) in [5.74, 6) is 0.714. The molecule has 1 heteroatoms. The molecule has 1 atom stereocenters. The fraction of sp³-hybridized carbons (Fsp3) is 0.429. The third-order valence-electron chi connectivity index (χ3n) is 3.71. The summed E-state index contributed by atoms with van der Waals surface area (Å²) < 4.78 is 0. The number of hydrogen-bond donors (Lipinski definition) is 0. The van der Waals surface area contributed by atoms with Crippen LogP contribution < -0.4 is 0 Å². The van der Waals surface area contributed by atoms with E-state index < -0.39 is 0 Å². The van der Waals surface area contributed by atoms with E-state index in [4.69, 9.17) is 0 Å². The van der Waals surface area contributed by atoms with E-state index in [0.29, 0.717) is 5.92 Å². The van der Waals surface area contributed by atoms with Gasteiger partial charge < -0.3 is 4.90 Å². The lowest BCUT2D eigenvalue weighted by molar-refractivity contribution is 0.304. The maximum atomic E-state index is 2.45. The molecule has 1 aromatic rings. The lowest BCUT2D eigenvalue weighted by atomic mass is 9.78. The molecule has 0 bridgehead atoms. The van der Waals surface area contributed by atoms with Gasteiger partial charge in [0.05, 0.1) is 0 Å². The summed E-state index contributed by atoms with van der Waals surface area (Å²) in [5.41, 5.74) is 4.77. The number of benzene rings is 1. The SMILES string of the molecule is CN1CCC2C(=CCc3ccccc32)C1. The van der Waals surface area contributed by atoms with Gasteiger partial charge in [-0.1, -0.05) is 35.9 Å². The first-order valence-electron chi connectivity index (χ1n) is 5.80. The van der Waals surface area contributed by atoms with E-state index in [1.165, 1.54) is 25.1 Å². The second-order valence-electron chi connectivity index (χ2n) is 4.76. The monoisotopic (exact) mass is 199 g/mol. The van der Waals surface area contributed by atoms with E-state index in [2.05, 4.69) is 42.3 Å². The van der Waals surface area contributed by atoms with Crippen LogP contribution in [0.3, 0.4) is 0 Å². The molecule has 0 N–H and O–H groups in total. The Labute approximate surface area is 91.4 Å². The van der Waals surface area contributed by atoms with Gasteiger partial charge in [-0.25, -0.2) is 0 Å². The largest absolute Gasteiger partial charge is 0.302 e. The zero-order valence-corrected chi connectivity index (χ0v) is 9.24. The Morgan fingerprint density at radius 3 is 3.07 bits per heavy atom. The van der Waals surface area contributed by atoms with Crippen LogP contribution >= 0.6 is 0 Å².